The Labute approximate surface area is 117 Å². The standard InChI is InChI=1S/C15H28N2O2/c1-4-17(13-5-7-19-8-6-13)14-10-16(11-14)15(18)9-12(2)3/h12-14H,4-11H2,1-3H3. The molecule has 0 bridgehead atoms. The molecule has 0 aromatic heterocycles. The maximum atomic E-state index is 12.0. The molecule has 4 heteroatoms. The van der Waals surface area contributed by atoms with Gasteiger partial charge < -0.3 is 9.64 Å². The average Bonchev–Trinajstić information content (AvgIpc) is 2.33. The second-order valence-corrected chi connectivity index (χ2v) is 6.22. The lowest BCUT2D eigenvalue weighted by Gasteiger charge is -2.49. The van der Waals surface area contributed by atoms with Gasteiger partial charge in [-0.15, -0.1) is 0 Å². The van der Waals surface area contributed by atoms with Gasteiger partial charge in [0.25, 0.3) is 0 Å². The van der Waals surface area contributed by atoms with Gasteiger partial charge >= 0.3 is 0 Å². The smallest absolute Gasteiger partial charge is 0.222 e. The zero-order chi connectivity index (χ0) is 13.8. The maximum absolute atomic E-state index is 12.0. The van der Waals surface area contributed by atoms with Crippen LogP contribution in [0.15, 0.2) is 0 Å². The minimum absolute atomic E-state index is 0.328. The molecule has 2 fully saturated rings. The zero-order valence-corrected chi connectivity index (χ0v) is 12.6. The van der Waals surface area contributed by atoms with Gasteiger partial charge in [-0.05, 0) is 25.3 Å². The third-order valence-electron chi connectivity index (χ3n) is 4.29. The van der Waals surface area contributed by atoms with Crippen LogP contribution in [-0.2, 0) is 9.53 Å². The third kappa shape index (κ3) is 3.69. The molecule has 0 atom stereocenters. The number of hydrogen-bond acceptors (Lipinski definition) is 3. The van der Waals surface area contributed by atoms with Gasteiger partial charge in [-0.2, -0.15) is 0 Å². The summed E-state index contributed by atoms with van der Waals surface area (Å²) in [4.78, 5) is 16.6. The SMILES string of the molecule is CCN(C1CCOCC1)C1CN(C(=O)CC(C)C)C1. The molecule has 1 amide bonds. The van der Waals surface area contributed by atoms with Gasteiger partial charge in [0.2, 0.25) is 5.91 Å². The van der Waals surface area contributed by atoms with Gasteiger partial charge in [-0.1, -0.05) is 20.8 Å². The van der Waals surface area contributed by atoms with Crippen molar-refractivity contribution in [3.05, 3.63) is 0 Å². The number of hydrogen-bond donors (Lipinski definition) is 0. The molecular weight excluding hydrogens is 240 g/mol. The predicted molar refractivity (Wildman–Crippen MR) is 76.0 cm³/mol. The molecule has 0 radical (unpaired) electrons. The van der Waals surface area contributed by atoms with Crippen molar-refractivity contribution in [3.8, 4) is 0 Å². The molecule has 0 aromatic carbocycles. The number of rotatable bonds is 5. The first-order valence-corrected chi connectivity index (χ1v) is 7.73. The van der Waals surface area contributed by atoms with E-state index in [2.05, 4.69) is 25.7 Å². The highest BCUT2D eigenvalue weighted by molar-refractivity contribution is 5.77. The van der Waals surface area contributed by atoms with Crippen LogP contribution in [0.5, 0.6) is 0 Å². The van der Waals surface area contributed by atoms with Crippen LogP contribution < -0.4 is 0 Å². The van der Waals surface area contributed by atoms with Crippen molar-refractivity contribution in [2.45, 2.75) is 52.1 Å². The highest BCUT2D eigenvalue weighted by atomic mass is 16.5. The number of carbonyl (C=O) groups excluding carboxylic acids is 1. The van der Waals surface area contributed by atoms with Crippen LogP contribution in [0.4, 0.5) is 0 Å². The quantitative estimate of drug-likeness (QED) is 0.761. The lowest BCUT2D eigenvalue weighted by molar-refractivity contribution is -0.141. The summed E-state index contributed by atoms with van der Waals surface area (Å²) in [6, 6.07) is 1.23. The summed E-state index contributed by atoms with van der Waals surface area (Å²) in [7, 11) is 0. The van der Waals surface area contributed by atoms with E-state index in [1.807, 2.05) is 4.90 Å². The van der Waals surface area contributed by atoms with Crippen LogP contribution in [0.25, 0.3) is 0 Å². The minimum atomic E-state index is 0.328. The van der Waals surface area contributed by atoms with Gasteiger partial charge in [-0.3, -0.25) is 9.69 Å². The van der Waals surface area contributed by atoms with Crippen molar-refractivity contribution in [1.82, 2.24) is 9.80 Å². The van der Waals surface area contributed by atoms with Crippen molar-refractivity contribution < 1.29 is 9.53 Å². The first kappa shape index (κ1) is 14.8. The molecule has 0 unspecified atom stereocenters. The molecule has 2 aliphatic rings. The second-order valence-electron chi connectivity index (χ2n) is 6.22. The van der Waals surface area contributed by atoms with Crippen LogP contribution in [0.1, 0.15) is 40.0 Å². The monoisotopic (exact) mass is 268 g/mol. The van der Waals surface area contributed by atoms with Crippen molar-refractivity contribution in [3.63, 3.8) is 0 Å². The van der Waals surface area contributed by atoms with Crippen LogP contribution in [-0.4, -0.2) is 60.6 Å². The summed E-state index contributed by atoms with van der Waals surface area (Å²) in [6.07, 6.45) is 2.98. The van der Waals surface area contributed by atoms with E-state index in [1.54, 1.807) is 0 Å². The maximum Gasteiger partial charge on any atom is 0.222 e. The van der Waals surface area contributed by atoms with Gasteiger partial charge in [0.05, 0.1) is 0 Å². The Balaban J connectivity index is 1.78. The number of amides is 1. The largest absolute Gasteiger partial charge is 0.381 e. The van der Waals surface area contributed by atoms with Crippen LogP contribution in [0.2, 0.25) is 0 Å². The number of carbonyl (C=O) groups is 1. The Bertz CT molecular complexity index is 295. The molecule has 0 saturated carbocycles. The molecule has 0 aliphatic carbocycles. The van der Waals surface area contributed by atoms with Gasteiger partial charge in [0.15, 0.2) is 0 Å². The highest BCUT2D eigenvalue weighted by Crippen LogP contribution is 2.23. The molecule has 0 N–H and O–H groups in total. The van der Waals surface area contributed by atoms with Crippen molar-refractivity contribution in [1.29, 1.82) is 0 Å². The predicted octanol–water partition coefficient (Wildman–Crippen LogP) is 1.74. The summed E-state index contributed by atoms with van der Waals surface area (Å²) in [5, 5.41) is 0. The third-order valence-corrected chi connectivity index (χ3v) is 4.29. The van der Waals surface area contributed by atoms with E-state index in [0.717, 1.165) is 45.7 Å². The molecule has 2 aliphatic heterocycles. The van der Waals surface area contributed by atoms with Crippen molar-refractivity contribution in [2.75, 3.05) is 32.8 Å². The van der Waals surface area contributed by atoms with Gasteiger partial charge in [-0.25, -0.2) is 0 Å². The summed E-state index contributed by atoms with van der Waals surface area (Å²) in [5.41, 5.74) is 0. The normalized spacial score (nSPS) is 22.1. The molecule has 2 saturated heterocycles. The Morgan fingerprint density at radius 3 is 2.42 bits per heavy atom. The first-order valence-electron chi connectivity index (χ1n) is 7.73. The highest BCUT2D eigenvalue weighted by Gasteiger charge is 2.37. The van der Waals surface area contributed by atoms with E-state index in [9.17, 15) is 4.79 Å². The fraction of sp³-hybridized carbons (Fsp3) is 0.933. The van der Waals surface area contributed by atoms with E-state index in [-0.39, 0.29) is 0 Å². The summed E-state index contributed by atoms with van der Waals surface area (Å²) in [5.74, 6) is 0.790. The van der Waals surface area contributed by atoms with Gasteiger partial charge in [0.1, 0.15) is 0 Å². The molecule has 2 rings (SSSR count). The molecule has 0 aromatic rings. The molecule has 0 spiro atoms. The molecule has 110 valence electrons. The topological polar surface area (TPSA) is 32.8 Å². The Morgan fingerprint density at radius 1 is 1.26 bits per heavy atom. The van der Waals surface area contributed by atoms with E-state index >= 15 is 0 Å². The summed E-state index contributed by atoms with van der Waals surface area (Å²) >= 11 is 0. The first-order chi connectivity index (χ1) is 9.11. The summed E-state index contributed by atoms with van der Waals surface area (Å²) < 4.78 is 5.44. The lowest BCUT2D eigenvalue weighted by Crippen LogP contribution is -2.63. The fourth-order valence-corrected chi connectivity index (χ4v) is 3.18. The minimum Gasteiger partial charge on any atom is -0.381 e. The molecule has 2 heterocycles. The van der Waals surface area contributed by atoms with E-state index in [0.29, 0.717) is 30.3 Å². The zero-order valence-electron chi connectivity index (χ0n) is 12.6. The van der Waals surface area contributed by atoms with Crippen LogP contribution in [0.3, 0.4) is 0 Å². The number of likely N-dealkylation sites (N-methyl/N-ethyl adjacent to an activating group) is 1. The number of nitrogens with zero attached hydrogens (tertiary/aromatic N) is 2. The molecule has 4 nitrogen and oxygen atoms in total. The number of ether oxygens (including phenoxy) is 1. The van der Waals surface area contributed by atoms with Crippen LogP contribution >= 0.6 is 0 Å². The van der Waals surface area contributed by atoms with Crippen LogP contribution in [0, 0.1) is 5.92 Å². The lowest BCUT2D eigenvalue weighted by atomic mass is 9.99. The average molecular weight is 268 g/mol. The second kappa shape index (κ2) is 6.71. The molecular formula is C15H28N2O2. The van der Waals surface area contributed by atoms with Gasteiger partial charge in [0, 0.05) is 44.8 Å². The summed E-state index contributed by atoms with van der Waals surface area (Å²) in [6.45, 7) is 11.2. The van der Waals surface area contributed by atoms with E-state index in [4.69, 9.17) is 4.74 Å². The number of likely N-dealkylation sites (tertiary alicyclic amines) is 1. The Kier molecular flexibility index (Phi) is 5.22. The Hall–Kier alpha value is -0.610. The van der Waals surface area contributed by atoms with Crippen molar-refractivity contribution >= 4 is 5.91 Å². The fourth-order valence-electron chi connectivity index (χ4n) is 3.18. The van der Waals surface area contributed by atoms with E-state index < -0.39 is 0 Å². The molecule has 19 heavy (non-hydrogen) atoms. The van der Waals surface area contributed by atoms with E-state index in [1.165, 1.54) is 0 Å². The Morgan fingerprint density at radius 2 is 1.89 bits per heavy atom. The van der Waals surface area contributed by atoms with Crippen molar-refractivity contribution in [2.24, 2.45) is 5.92 Å².